The van der Waals surface area contributed by atoms with E-state index in [-0.39, 0.29) is 6.04 Å². The minimum Gasteiger partial charge on any atom is -0.298 e. The van der Waals surface area contributed by atoms with E-state index >= 15 is 0 Å². The van der Waals surface area contributed by atoms with Gasteiger partial charge in [-0.3, -0.25) is 9.69 Å². The number of hydrogen-bond acceptors (Lipinski definition) is 2. The lowest BCUT2D eigenvalue weighted by Crippen LogP contribution is -2.44. The van der Waals surface area contributed by atoms with Crippen molar-refractivity contribution >= 4 is 5.78 Å². The number of Topliss-reactive ketones (excluding diaryl/α,β-unsaturated/α-hetero) is 1. The van der Waals surface area contributed by atoms with Gasteiger partial charge in [-0.1, -0.05) is 26.2 Å². The first-order valence-corrected chi connectivity index (χ1v) is 6.00. The lowest BCUT2D eigenvalue weighted by molar-refractivity contribution is -0.123. The number of piperidine rings is 1. The second-order valence-corrected chi connectivity index (χ2v) is 4.37. The quantitative estimate of drug-likeness (QED) is 0.631. The third-order valence-electron chi connectivity index (χ3n) is 3.13. The molecule has 1 heterocycles. The molecule has 0 amide bonds. The van der Waals surface area contributed by atoms with Gasteiger partial charge in [0.15, 0.2) is 0 Å². The first kappa shape index (κ1) is 11.7. The van der Waals surface area contributed by atoms with E-state index in [0.717, 1.165) is 19.5 Å². The van der Waals surface area contributed by atoms with E-state index in [9.17, 15) is 4.79 Å². The van der Waals surface area contributed by atoms with Crippen molar-refractivity contribution in [3.05, 3.63) is 0 Å². The lowest BCUT2D eigenvalue weighted by atomic mass is 9.99. The number of nitrogens with zero attached hydrogens (tertiary/aromatic N) is 1. The molecule has 2 nitrogen and oxygen atoms in total. The van der Waals surface area contributed by atoms with Gasteiger partial charge in [0.2, 0.25) is 0 Å². The van der Waals surface area contributed by atoms with E-state index in [1.807, 2.05) is 0 Å². The number of rotatable bonds is 5. The zero-order valence-corrected chi connectivity index (χ0v) is 9.59. The summed E-state index contributed by atoms with van der Waals surface area (Å²) in [5, 5.41) is 0. The molecule has 1 fully saturated rings. The van der Waals surface area contributed by atoms with Crippen LogP contribution in [0.25, 0.3) is 0 Å². The predicted octanol–water partition coefficient (Wildman–Crippen LogP) is 2.62. The van der Waals surface area contributed by atoms with Crippen LogP contribution in [-0.4, -0.2) is 29.8 Å². The van der Waals surface area contributed by atoms with E-state index in [0.29, 0.717) is 5.78 Å². The van der Waals surface area contributed by atoms with Crippen molar-refractivity contribution in [2.45, 2.75) is 58.4 Å². The molecule has 14 heavy (non-hydrogen) atoms. The average molecular weight is 197 g/mol. The Balaban J connectivity index is 2.34. The first-order valence-electron chi connectivity index (χ1n) is 6.00. The molecule has 2 heteroatoms. The molecule has 0 aromatic carbocycles. The standard InChI is InChI=1S/C12H23NO/c1-3-4-6-9-13-10-7-5-8-12(13)11(2)14/h12H,3-10H2,1-2H3. The minimum atomic E-state index is 0.237. The smallest absolute Gasteiger partial charge is 0.146 e. The normalized spacial score (nSPS) is 23.7. The molecule has 0 saturated carbocycles. The third-order valence-corrected chi connectivity index (χ3v) is 3.13. The summed E-state index contributed by atoms with van der Waals surface area (Å²) in [6.45, 7) is 6.22. The molecule has 0 bridgehead atoms. The van der Waals surface area contributed by atoms with Gasteiger partial charge in [0, 0.05) is 0 Å². The van der Waals surface area contributed by atoms with Crippen LogP contribution < -0.4 is 0 Å². The van der Waals surface area contributed by atoms with Gasteiger partial charge < -0.3 is 0 Å². The Morgan fingerprint density at radius 3 is 2.79 bits per heavy atom. The summed E-state index contributed by atoms with van der Waals surface area (Å²) in [5.41, 5.74) is 0. The Kier molecular flexibility index (Phi) is 5.16. The summed E-state index contributed by atoms with van der Waals surface area (Å²) in [5.74, 6) is 0.362. The van der Waals surface area contributed by atoms with Gasteiger partial charge in [0.05, 0.1) is 6.04 Å². The molecule has 1 rings (SSSR count). The number of unbranched alkanes of at least 4 members (excludes halogenated alkanes) is 2. The Morgan fingerprint density at radius 2 is 2.14 bits per heavy atom. The maximum absolute atomic E-state index is 11.4. The summed E-state index contributed by atoms with van der Waals surface area (Å²) >= 11 is 0. The molecule has 1 unspecified atom stereocenters. The van der Waals surface area contributed by atoms with Gasteiger partial charge in [0.25, 0.3) is 0 Å². The van der Waals surface area contributed by atoms with Crippen LogP contribution in [-0.2, 0) is 4.79 Å². The number of likely N-dealkylation sites (tertiary alicyclic amines) is 1. The number of carbonyl (C=O) groups is 1. The highest BCUT2D eigenvalue weighted by Crippen LogP contribution is 2.18. The van der Waals surface area contributed by atoms with E-state index < -0.39 is 0 Å². The molecule has 82 valence electrons. The fourth-order valence-electron chi connectivity index (χ4n) is 2.28. The zero-order valence-electron chi connectivity index (χ0n) is 9.59. The highest BCUT2D eigenvalue weighted by atomic mass is 16.1. The van der Waals surface area contributed by atoms with Crippen LogP contribution >= 0.6 is 0 Å². The second-order valence-electron chi connectivity index (χ2n) is 4.37. The summed E-state index contributed by atoms with van der Waals surface area (Å²) in [4.78, 5) is 13.8. The molecule has 1 atom stereocenters. The first-order chi connectivity index (χ1) is 6.75. The van der Waals surface area contributed by atoms with E-state index in [4.69, 9.17) is 0 Å². The fraction of sp³-hybridized carbons (Fsp3) is 0.917. The highest BCUT2D eigenvalue weighted by Gasteiger charge is 2.24. The van der Waals surface area contributed by atoms with Crippen LogP contribution in [0.5, 0.6) is 0 Å². The van der Waals surface area contributed by atoms with Crippen molar-refractivity contribution in [3.63, 3.8) is 0 Å². The maximum atomic E-state index is 11.4. The van der Waals surface area contributed by atoms with Crippen LogP contribution in [0.15, 0.2) is 0 Å². The minimum absolute atomic E-state index is 0.237. The van der Waals surface area contributed by atoms with E-state index in [2.05, 4.69) is 11.8 Å². The van der Waals surface area contributed by atoms with Crippen molar-refractivity contribution in [2.75, 3.05) is 13.1 Å². The van der Waals surface area contributed by atoms with Crippen molar-refractivity contribution < 1.29 is 4.79 Å². The van der Waals surface area contributed by atoms with Crippen molar-refractivity contribution in [3.8, 4) is 0 Å². The topological polar surface area (TPSA) is 20.3 Å². The molecule has 1 aliphatic rings. The van der Waals surface area contributed by atoms with Crippen molar-refractivity contribution in [2.24, 2.45) is 0 Å². The van der Waals surface area contributed by atoms with Gasteiger partial charge in [-0.25, -0.2) is 0 Å². The molecule has 0 aliphatic carbocycles. The van der Waals surface area contributed by atoms with Gasteiger partial charge in [-0.05, 0) is 39.3 Å². The van der Waals surface area contributed by atoms with Crippen molar-refractivity contribution in [1.82, 2.24) is 4.90 Å². The van der Waals surface area contributed by atoms with Crippen LogP contribution in [0.1, 0.15) is 52.4 Å². The Labute approximate surface area is 87.7 Å². The van der Waals surface area contributed by atoms with E-state index in [1.54, 1.807) is 6.92 Å². The Hall–Kier alpha value is -0.370. The molecule has 0 spiro atoms. The maximum Gasteiger partial charge on any atom is 0.146 e. The molecule has 0 aromatic heterocycles. The molecule has 0 aromatic rings. The molecule has 0 N–H and O–H groups in total. The lowest BCUT2D eigenvalue weighted by Gasteiger charge is -2.34. The Morgan fingerprint density at radius 1 is 1.36 bits per heavy atom. The van der Waals surface area contributed by atoms with Gasteiger partial charge >= 0.3 is 0 Å². The molecular formula is C12H23NO. The molecule has 1 saturated heterocycles. The fourth-order valence-corrected chi connectivity index (χ4v) is 2.28. The van der Waals surface area contributed by atoms with Crippen LogP contribution in [0, 0.1) is 0 Å². The van der Waals surface area contributed by atoms with E-state index in [1.165, 1.54) is 32.1 Å². The average Bonchev–Trinajstić information content (AvgIpc) is 2.19. The van der Waals surface area contributed by atoms with Crippen molar-refractivity contribution in [1.29, 1.82) is 0 Å². The second kappa shape index (κ2) is 6.18. The number of carbonyl (C=O) groups excluding carboxylic acids is 1. The monoisotopic (exact) mass is 197 g/mol. The summed E-state index contributed by atoms with van der Waals surface area (Å²) in [6, 6.07) is 0.237. The zero-order chi connectivity index (χ0) is 10.4. The number of hydrogen-bond donors (Lipinski definition) is 0. The highest BCUT2D eigenvalue weighted by molar-refractivity contribution is 5.81. The van der Waals surface area contributed by atoms with Gasteiger partial charge in [-0.15, -0.1) is 0 Å². The molecule has 0 radical (unpaired) electrons. The molecule has 1 aliphatic heterocycles. The summed E-state index contributed by atoms with van der Waals surface area (Å²) in [6.07, 6.45) is 7.39. The predicted molar refractivity (Wildman–Crippen MR) is 59.4 cm³/mol. The Bertz CT molecular complexity index is 179. The van der Waals surface area contributed by atoms with Gasteiger partial charge in [0.1, 0.15) is 5.78 Å². The van der Waals surface area contributed by atoms with Crippen LogP contribution in [0.2, 0.25) is 0 Å². The third kappa shape index (κ3) is 3.41. The summed E-state index contributed by atoms with van der Waals surface area (Å²) < 4.78 is 0. The van der Waals surface area contributed by atoms with Crippen LogP contribution in [0.4, 0.5) is 0 Å². The van der Waals surface area contributed by atoms with Gasteiger partial charge in [-0.2, -0.15) is 0 Å². The van der Waals surface area contributed by atoms with Crippen LogP contribution in [0.3, 0.4) is 0 Å². The SMILES string of the molecule is CCCCCN1CCCCC1C(C)=O. The molecular weight excluding hydrogens is 174 g/mol. The number of ketones is 1. The summed E-state index contributed by atoms with van der Waals surface area (Å²) in [7, 11) is 0. The largest absolute Gasteiger partial charge is 0.298 e.